The van der Waals surface area contributed by atoms with Crippen LogP contribution < -0.4 is 5.73 Å². The molecule has 1 aliphatic rings. The topological polar surface area (TPSA) is 72.5 Å². The largest absolute Gasteiger partial charge is 0.397 e. The van der Waals surface area contributed by atoms with E-state index in [9.17, 15) is 9.70 Å². The van der Waals surface area contributed by atoms with Crippen LogP contribution in [0.4, 0.5) is 11.4 Å². The number of fused-ring (bicyclic) bond motifs is 1. The van der Waals surface area contributed by atoms with Crippen LogP contribution in [-0.4, -0.2) is 5.78 Å². The van der Waals surface area contributed by atoms with E-state index in [-0.39, 0.29) is 17.4 Å². The summed E-state index contributed by atoms with van der Waals surface area (Å²) < 4.78 is 0. The molecule has 0 amide bonds. The summed E-state index contributed by atoms with van der Waals surface area (Å²) in [5, 5.41) is 2.97. The summed E-state index contributed by atoms with van der Waals surface area (Å²) in [6, 6.07) is 3.48. The fourth-order valence-corrected chi connectivity index (χ4v) is 3.10. The van der Waals surface area contributed by atoms with E-state index in [2.05, 4.69) is 24.3 Å². The van der Waals surface area contributed by atoms with Crippen molar-refractivity contribution in [3.05, 3.63) is 40.3 Å². The molecule has 112 valence electrons. The number of Topliss-reactive ketones (excluding diaryl/α,β-unsaturated/α-hetero) is 1. The van der Waals surface area contributed by atoms with Gasteiger partial charge in [-0.15, -0.1) is 4.91 Å². The highest BCUT2D eigenvalue weighted by atomic mass is 16.3. The van der Waals surface area contributed by atoms with E-state index in [0.717, 1.165) is 24.0 Å². The Morgan fingerprint density at radius 2 is 2.10 bits per heavy atom. The van der Waals surface area contributed by atoms with Gasteiger partial charge >= 0.3 is 0 Å². The van der Waals surface area contributed by atoms with Crippen molar-refractivity contribution in [1.29, 1.82) is 0 Å². The number of carbonyl (C=O) groups is 1. The Labute approximate surface area is 125 Å². The molecule has 1 unspecified atom stereocenters. The Balaban J connectivity index is 2.44. The maximum atomic E-state index is 12.7. The van der Waals surface area contributed by atoms with Crippen molar-refractivity contribution in [3.63, 3.8) is 0 Å². The molecular formula is C17H22N2O2. The number of benzene rings is 1. The van der Waals surface area contributed by atoms with Crippen LogP contribution in [0.25, 0.3) is 0 Å². The van der Waals surface area contributed by atoms with Gasteiger partial charge in [0.05, 0.1) is 5.69 Å². The van der Waals surface area contributed by atoms with Gasteiger partial charge in [-0.25, -0.2) is 0 Å². The molecule has 1 aromatic rings. The summed E-state index contributed by atoms with van der Waals surface area (Å²) in [5.74, 6) is 0.195. The van der Waals surface area contributed by atoms with Gasteiger partial charge in [0.1, 0.15) is 11.5 Å². The summed E-state index contributed by atoms with van der Waals surface area (Å²) >= 11 is 0. The van der Waals surface area contributed by atoms with E-state index in [1.54, 1.807) is 12.1 Å². The molecule has 4 heteroatoms. The Hall–Kier alpha value is -1.97. The van der Waals surface area contributed by atoms with Crippen molar-refractivity contribution in [3.8, 4) is 0 Å². The average molecular weight is 286 g/mol. The van der Waals surface area contributed by atoms with E-state index < -0.39 is 5.41 Å². The van der Waals surface area contributed by atoms with Gasteiger partial charge < -0.3 is 5.73 Å². The fourth-order valence-electron chi connectivity index (χ4n) is 3.10. The first-order chi connectivity index (χ1) is 9.91. The maximum absolute atomic E-state index is 12.7. The third kappa shape index (κ3) is 2.75. The number of nitrogens with zero attached hydrogens (tertiary/aromatic N) is 1. The minimum Gasteiger partial charge on any atom is -0.397 e. The molecule has 0 spiro atoms. The van der Waals surface area contributed by atoms with E-state index >= 15 is 0 Å². The molecule has 0 saturated carbocycles. The fraction of sp³-hybridized carbons (Fsp3) is 0.471. The molecular weight excluding hydrogens is 264 g/mol. The molecule has 1 aromatic carbocycles. The number of rotatable bonds is 4. The number of hydrogen-bond donors (Lipinski definition) is 1. The van der Waals surface area contributed by atoms with Crippen LogP contribution in [0.15, 0.2) is 29.5 Å². The SMILES string of the molecule is CC/C=C\CC1Cc2cc(N=O)c(N)cc2C(C)(C)C1=O. The lowest BCUT2D eigenvalue weighted by molar-refractivity contribution is -0.128. The number of nitrogen functional groups attached to an aromatic ring is 1. The van der Waals surface area contributed by atoms with Crippen LogP contribution in [0.3, 0.4) is 0 Å². The number of nitrogens with two attached hydrogens (primary N) is 1. The van der Waals surface area contributed by atoms with E-state index in [1.165, 1.54) is 0 Å². The molecule has 2 rings (SSSR count). The molecule has 1 atom stereocenters. The van der Waals surface area contributed by atoms with Gasteiger partial charge in [-0.3, -0.25) is 4.79 Å². The molecule has 21 heavy (non-hydrogen) atoms. The van der Waals surface area contributed by atoms with Gasteiger partial charge in [0.25, 0.3) is 0 Å². The predicted molar refractivity (Wildman–Crippen MR) is 85.6 cm³/mol. The second-order valence-corrected chi connectivity index (χ2v) is 6.17. The van der Waals surface area contributed by atoms with E-state index in [0.29, 0.717) is 12.1 Å². The second-order valence-electron chi connectivity index (χ2n) is 6.17. The smallest absolute Gasteiger partial charge is 0.146 e. The van der Waals surface area contributed by atoms with Gasteiger partial charge in [-0.05, 0) is 61.5 Å². The van der Waals surface area contributed by atoms with Crippen LogP contribution in [0.2, 0.25) is 0 Å². The minimum absolute atomic E-state index is 0.0431. The van der Waals surface area contributed by atoms with Gasteiger partial charge in [0.15, 0.2) is 0 Å². The number of ketones is 1. The molecule has 0 heterocycles. The van der Waals surface area contributed by atoms with Gasteiger partial charge in [0.2, 0.25) is 0 Å². The highest BCUT2D eigenvalue weighted by Gasteiger charge is 2.41. The first kappa shape index (κ1) is 15.4. The minimum atomic E-state index is -0.576. The van der Waals surface area contributed by atoms with Crippen molar-refractivity contribution < 1.29 is 4.79 Å². The molecule has 4 nitrogen and oxygen atoms in total. The zero-order valence-electron chi connectivity index (χ0n) is 12.8. The summed E-state index contributed by atoms with van der Waals surface area (Å²) in [4.78, 5) is 23.5. The summed E-state index contributed by atoms with van der Waals surface area (Å²) in [6.07, 6.45) is 6.51. The van der Waals surface area contributed by atoms with Crippen molar-refractivity contribution in [2.75, 3.05) is 5.73 Å². The van der Waals surface area contributed by atoms with Crippen molar-refractivity contribution >= 4 is 17.2 Å². The number of nitroso groups, excluding NO2 is 1. The highest BCUT2D eigenvalue weighted by molar-refractivity contribution is 5.94. The standard InChI is InChI=1S/C17H22N2O2/c1-4-5-6-7-11-8-12-9-15(19-21)14(18)10-13(12)17(2,3)16(11)20/h5-6,9-11H,4,7-8,18H2,1-3H3/b6-5-. The number of anilines is 1. The Bertz CT molecular complexity index is 603. The molecule has 0 bridgehead atoms. The quantitative estimate of drug-likeness (QED) is 0.515. The summed E-state index contributed by atoms with van der Waals surface area (Å²) in [6.45, 7) is 5.93. The van der Waals surface area contributed by atoms with Crippen LogP contribution >= 0.6 is 0 Å². The molecule has 0 saturated heterocycles. The Kier molecular flexibility index (Phi) is 4.26. The van der Waals surface area contributed by atoms with Crippen molar-refractivity contribution in [2.45, 2.75) is 45.4 Å². The van der Waals surface area contributed by atoms with Crippen molar-refractivity contribution in [2.24, 2.45) is 11.1 Å². The zero-order valence-corrected chi connectivity index (χ0v) is 12.8. The normalized spacial score (nSPS) is 20.5. The average Bonchev–Trinajstić information content (AvgIpc) is 2.45. The molecule has 0 aliphatic heterocycles. The Morgan fingerprint density at radius 1 is 1.38 bits per heavy atom. The van der Waals surface area contributed by atoms with Crippen LogP contribution in [0.5, 0.6) is 0 Å². The molecule has 2 N–H and O–H groups in total. The van der Waals surface area contributed by atoms with Crippen molar-refractivity contribution in [1.82, 2.24) is 0 Å². The molecule has 0 aromatic heterocycles. The first-order valence-corrected chi connectivity index (χ1v) is 7.37. The third-order valence-electron chi connectivity index (χ3n) is 4.30. The zero-order chi connectivity index (χ0) is 15.6. The Morgan fingerprint density at radius 3 is 2.71 bits per heavy atom. The summed E-state index contributed by atoms with van der Waals surface area (Å²) in [7, 11) is 0. The van der Waals surface area contributed by atoms with E-state index in [1.807, 2.05) is 13.8 Å². The molecule has 1 aliphatic carbocycles. The van der Waals surface area contributed by atoms with Gasteiger partial charge in [-0.1, -0.05) is 19.1 Å². The number of hydrogen-bond acceptors (Lipinski definition) is 4. The van der Waals surface area contributed by atoms with E-state index in [4.69, 9.17) is 5.73 Å². The lowest BCUT2D eigenvalue weighted by atomic mass is 9.66. The lowest BCUT2D eigenvalue weighted by Gasteiger charge is -2.36. The highest BCUT2D eigenvalue weighted by Crippen LogP contribution is 2.41. The number of allylic oxidation sites excluding steroid dienone is 2. The first-order valence-electron chi connectivity index (χ1n) is 7.37. The molecule has 0 radical (unpaired) electrons. The van der Waals surface area contributed by atoms with Gasteiger partial charge in [-0.2, -0.15) is 0 Å². The van der Waals surface area contributed by atoms with Crippen LogP contribution in [-0.2, 0) is 16.6 Å². The number of carbonyl (C=O) groups excluding carboxylic acids is 1. The third-order valence-corrected chi connectivity index (χ3v) is 4.30. The van der Waals surface area contributed by atoms with Gasteiger partial charge in [0, 0.05) is 11.3 Å². The van der Waals surface area contributed by atoms with Crippen LogP contribution in [0.1, 0.15) is 44.7 Å². The lowest BCUT2D eigenvalue weighted by Crippen LogP contribution is -2.40. The molecule has 0 fully saturated rings. The maximum Gasteiger partial charge on any atom is 0.146 e. The monoisotopic (exact) mass is 286 g/mol. The summed E-state index contributed by atoms with van der Waals surface area (Å²) in [5.41, 5.74) is 7.81. The predicted octanol–water partition coefficient (Wildman–Crippen LogP) is 4.04. The second kappa shape index (κ2) is 5.80. The van der Waals surface area contributed by atoms with Crippen LogP contribution in [0, 0.1) is 10.8 Å².